The lowest BCUT2D eigenvalue weighted by atomic mass is 10.0. The molecule has 9 heteroatoms. The van der Waals surface area contributed by atoms with Crippen molar-refractivity contribution in [1.82, 2.24) is 9.29 Å². The van der Waals surface area contributed by atoms with Gasteiger partial charge in [-0.25, -0.2) is 13.4 Å². The minimum Gasteiger partial charge on any atom is -0.486 e. The summed E-state index contributed by atoms with van der Waals surface area (Å²) >= 11 is 0. The average molecular weight is 432 g/mol. The molecule has 1 unspecified atom stereocenters. The fourth-order valence-electron chi connectivity index (χ4n) is 4.29. The molecule has 0 aliphatic carbocycles. The predicted molar refractivity (Wildman–Crippen MR) is 111 cm³/mol. The number of ether oxygens (including phenoxy) is 3. The third-order valence-electron chi connectivity index (χ3n) is 5.83. The van der Waals surface area contributed by atoms with Crippen LogP contribution in [-0.4, -0.2) is 63.8 Å². The number of benzene rings is 1. The third kappa shape index (κ3) is 3.61. The first-order valence-corrected chi connectivity index (χ1v) is 11.8. The van der Waals surface area contributed by atoms with E-state index in [-0.39, 0.29) is 10.9 Å². The highest BCUT2D eigenvalue weighted by atomic mass is 32.2. The molecule has 1 atom stereocenters. The summed E-state index contributed by atoms with van der Waals surface area (Å²) in [6, 6.07) is 9.74. The summed E-state index contributed by atoms with van der Waals surface area (Å²) in [4.78, 5) is 6.98. The van der Waals surface area contributed by atoms with Gasteiger partial charge in [0, 0.05) is 25.8 Å². The van der Waals surface area contributed by atoms with Crippen LogP contribution in [-0.2, 0) is 14.8 Å². The van der Waals surface area contributed by atoms with Crippen molar-refractivity contribution < 1.29 is 22.6 Å². The van der Waals surface area contributed by atoms with Crippen LogP contribution in [0.1, 0.15) is 24.4 Å². The Hall–Kier alpha value is -2.36. The number of fused-ring (bicyclic) bond motifs is 1. The van der Waals surface area contributed by atoms with E-state index in [2.05, 4.69) is 22.0 Å². The maximum atomic E-state index is 12.8. The molecule has 0 radical (unpaired) electrons. The van der Waals surface area contributed by atoms with Gasteiger partial charge in [-0.3, -0.25) is 0 Å². The van der Waals surface area contributed by atoms with Gasteiger partial charge in [-0.2, -0.15) is 4.31 Å². The number of pyridine rings is 1. The molecule has 0 spiro atoms. The first kappa shape index (κ1) is 19.6. The number of nitrogens with zero attached hydrogens (tertiary/aromatic N) is 3. The molecule has 0 amide bonds. The van der Waals surface area contributed by atoms with Crippen LogP contribution >= 0.6 is 0 Å². The Balaban J connectivity index is 1.37. The highest BCUT2D eigenvalue weighted by Gasteiger charge is 2.30. The first-order chi connectivity index (χ1) is 14.6. The molecule has 2 saturated heterocycles. The zero-order chi connectivity index (χ0) is 20.6. The van der Waals surface area contributed by atoms with Crippen molar-refractivity contribution in [3.05, 3.63) is 42.1 Å². The molecule has 8 nitrogen and oxygen atoms in total. The SMILES string of the molecule is O=S(=O)(c1ccc(N2CCCC2c2ccc3c(c2)OCCO3)nc1)N1CCOCC1. The van der Waals surface area contributed by atoms with E-state index in [4.69, 9.17) is 14.2 Å². The van der Waals surface area contributed by atoms with Gasteiger partial charge >= 0.3 is 0 Å². The van der Waals surface area contributed by atoms with E-state index in [0.717, 1.165) is 42.3 Å². The summed E-state index contributed by atoms with van der Waals surface area (Å²) in [5, 5.41) is 0. The lowest BCUT2D eigenvalue weighted by molar-refractivity contribution is 0.0730. The van der Waals surface area contributed by atoms with Crippen LogP contribution in [0.2, 0.25) is 0 Å². The van der Waals surface area contributed by atoms with Gasteiger partial charge < -0.3 is 19.1 Å². The molecule has 0 saturated carbocycles. The minimum atomic E-state index is -3.54. The number of hydrogen-bond acceptors (Lipinski definition) is 7. The lowest BCUT2D eigenvalue weighted by Gasteiger charge is -2.28. The van der Waals surface area contributed by atoms with Crippen LogP contribution in [0.25, 0.3) is 0 Å². The lowest BCUT2D eigenvalue weighted by Crippen LogP contribution is -2.40. The fraction of sp³-hybridized carbons (Fsp3) is 0.476. The van der Waals surface area contributed by atoms with Gasteiger partial charge in [-0.1, -0.05) is 6.07 Å². The minimum absolute atomic E-state index is 0.176. The monoisotopic (exact) mass is 431 g/mol. The Labute approximate surface area is 176 Å². The number of anilines is 1. The third-order valence-corrected chi connectivity index (χ3v) is 7.71. The summed E-state index contributed by atoms with van der Waals surface area (Å²) in [5.74, 6) is 2.35. The highest BCUT2D eigenvalue weighted by molar-refractivity contribution is 7.89. The molecular formula is C21H25N3O5S. The Morgan fingerprint density at radius 3 is 2.50 bits per heavy atom. The second kappa shape index (κ2) is 8.05. The largest absolute Gasteiger partial charge is 0.486 e. The van der Waals surface area contributed by atoms with Crippen molar-refractivity contribution in [3.63, 3.8) is 0 Å². The summed E-state index contributed by atoms with van der Waals surface area (Å²) < 4.78 is 43.8. The summed E-state index contributed by atoms with van der Waals surface area (Å²) in [6.45, 7) is 3.62. The Morgan fingerprint density at radius 1 is 0.933 bits per heavy atom. The number of hydrogen-bond donors (Lipinski definition) is 0. The van der Waals surface area contributed by atoms with Crippen LogP contribution < -0.4 is 14.4 Å². The van der Waals surface area contributed by atoms with E-state index in [1.165, 1.54) is 10.5 Å². The van der Waals surface area contributed by atoms with Crippen LogP contribution in [0.3, 0.4) is 0 Å². The molecule has 2 aromatic rings. The van der Waals surface area contributed by atoms with E-state index in [0.29, 0.717) is 39.5 Å². The second-order valence-electron chi connectivity index (χ2n) is 7.62. The summed E-state index contributed by atoms with van der Waals surface area (Å²) in [6.07, 6.45) is 3.53. The van der Waals surface area contributed by atoms with Gasteiger partial charge in [0.05, 0.1) is 19.3 Å². The number of morpholine rings is 1. The van der Waals surface area contributed by atoms with E-state index < -0.39 is 10.0 Å². The van der Waals surface area contributed by atoms with Gasteiger partial charge in [-0.15, -0.1) is 0 Å². The molecule has 0 N–H and O–H groups in total. The number of rotatable bonds is 4. The van der Waals surface area contributed by atoms with Gasteiger partial charge in [0.15, 0.2) is 11.5 Å². The molecule has 0 bridgehead atoms. The van der Waals surface area contributed by atoms with Crippen molar-refractivity contribution in [3.8, 4) is 11.5 Å². The van der Waals surface area contributed by atoms with Crippen molar-refractivity contribution in [2.75, 3.05) is 51.0 Å². The predicted octanol–water partition coefficient (Wildman–Crippen LogP) is 2.22. The van der Waals surface area contributed by atoms with Crippen molar-refractivity contribution in [2.45, 2.75) is 23.8 Å². The Bertz CT molecular complexity index is 1010. The summed E-state index contributed by atoms with van der Waals surface area (Å²) in [7, 11) is -3.54. The Morgan fingerprint density at radius 2 is 1.73 bits per heavy atom. The number of sulfonamides is 1. The quantitative estimate of drug-likeness (QED) is 0.734. The average Bonchev–Trinajstić information content (AvgIpc) is 3.29. The van der Waals surface area contributed by atoms with Crippen LogP contribution in [0.15, 0.2) is 41.4 Å². The topological polar surface area (TPSA) is 81.2 Å². The molecule has 4 heterocycles. The first-order valence-electron chi connectivity index (χ1n) is 10.3. The molecule has 3 aliphatic rings. The molecule has 30 heavy (non-hydrogen) atoms. The van der Waals surface area contributed by atoms with E-state index in [9.17, 15) is 8.42 Å². The van der Waals surface area contributed by atoms with Crippen molar-refractivity contribution >= 4 is 15.8 Å². The fourth-order valence-corrected chi connectivity index (χ4v) is 5.64. The van der Waals surface area contributed by atoms with Crippen molar-refractivity contribution in [1.29, 1.82) is 0 Å². The maximum Gasteiger partial charge on any atom is 0.244 e. The molecule has 160 valence electrons. The van der Waals surface area contributed by atoms with Crippen LogP contribution in [0, 0.1) is 0 Å². The van der Waals surface area contributed by atoms with Gasteiger partial charge in [0.2, 0.25) is 10.0 Å². The smallest absolute Gasteiger partial charge is 0.244 e. The standard InChI is InChI=1S/C21H25N3O5S/c25-30(26,23-8-10-27-11-9-23)17-4-6-21(22-15-17)24-7-1-2-18(24)16-3-5-19-20(14-16)29-13-12-28-19/h3-6,14-15,18H,1-2,7-13H2. The molecular weight excluding hydrogens is 406 g/mol. The normalized spacial score (nSPS) is 22.3. The number of aromatic nitrogens is 1. The maximum absolute atomic E-state index is 12.8. The molecule has 1 aromatic carbocycles. The van der Waals surface area contributed by atoms with Crippen LogP contribution in [0.4, 0.5) is 5.82 Å². The second-order valence-corrected chi connectivity index (χ2v) is 9.56. The van der Waals surface area contributed by atoms with E-state index in [1.54, 1.807) is 6.07 Å². The van der Waals surface area contributed by atoms with Gasteiger partial charge in [0.25, 0.3) is 0 Å². The van der Waals surface area contributed by atoms with Crippen LogP contribution in [0.5, 0.6) is 11.5 Å². The highest BCUT2D eigenvalue weighted by Crippen LogP contribution is 2.39. The van der Waals surface area contributed by atoms with E-state index >= 15 is 0 Å². The van der Waals surface area contributed by atoms with E-state index in [1.807, 2.05) is 12.1 Å². The summed E-state index contributed by atoms with van der Waals surface area (Å²) in [5.41, 5.74) is 1.16. The Kier molecular flexibility index (Phi) is 5.26. The molecule has 5 rings (SSSR count). The van der Waals surface area contributed by atoms with Crippen molar-refractivity contribution in [2.24, 2.45) is 0 Å². The molecule has 3 aliphatic heterocycles. The zero-order valence-corrected chi connectivity index (χ0v) is 17.5. The molecule has 2 fully saturated rings. The molecule has 1 aromatic heterocycles. The van der Waals surface area contributed by atoms with Gasteiger partial charge in [0.1, 0.15) is 23.9 Å². The van der Waals surface area contributed by atoms with Gasteiger partial charge in [-0.05, 0) is 42.7 Å². The zero-order valence-electron chi connectivity index (χ0n) is 16.7.